The minimum absolute atomic E-state index is 0.127. The molecule has 172 valence electrons. The lowest BCUT2D eigenvalue weighted by Crippen LogP contribution is -2.41. The number of carbonyl (C=O) groups is 2. The highest BCUT2D eigenvalue weighted by Crippen LogP contribution is 2.28. The molecule has 11 heteroatoms. The van der Waals surface area contributed by atoms with E-state index in [-0.39, 0.29) is 35.6 Å². The van der Waals surface area contributed by atoms with Crippen LogP contribution in [-0.2, 0) is 14.8 Å². The monoisotopic (exact) mass is 487 g/mol. The maximum Gasteiger partial charge on any atom is 0.243 e. The molecule has 2 heterocycles. The molecule has 1 fully saturated rings. The molecule has 1 amide bonds. The number of nitrogens with one attached hydrogen (secondary N) is 1. The van der Waals surface area contributed by atoms with E-state index in [1.807, 2.05) is 0 Å². The number of Topliss-reactive ketones (excluding diaryl/α,β-unsaturated/α-hetero) is 1. The van der Waals surface area contributed by atoms with Crippen molar-refractivity contribution in [3.63, 3.8) is 0 Å². The molecule has 0 bridgehead atoms. The molecule has 0 saturated carbocycles. The van der Waals surface area contributed by atoms with E-state index in [0.717, 1.165) is 0 Å². The summed E-state index contributed by atoms with van der Waals surface area (Å²) >= 11 is 6.11. The maximum absolute atomic E-state index is 13.0. The van der Waals surface area contributed by atoms with E-state index in [1.54, 1.807) is 18.2 Å². The highest BCUT2D eigenvalue weighted by atomic mass is 35.5. The molecule has 3 aromatic rings. The average Bonchev–Trinajstić information content (AvgIpc) is 3.34. The number of carbonyl (C=O) groups excluding carboxylic acids is 2. The number of hydrogen-bond acceptors (Lipinski definition) is 6. The Morgan fingerprint density at radius 2 is 1.79 bits per heavy atom. The molecule has 0 atom stereocenters. The topological polar surface area (TPSA) is 114 Å². The second-order valence-electron chi connectivity index (χ2n) is 7.75. The van der Waals surface area contributed by atoms with Crippen LogP contribution in [0.2, 0.25) is 5.02 Å². The third kappa shape index (κ3) is 4.97. The molecule has 0 radical (unpaired) electrons. The third-order valence-electron chi connectivity index (χ3n) is 5.61. The summed E-state index contributed by atoms with van der Waals surface area (Å²) in [6, 6.07) is 11.0. The summed E-state index contributed by atoms with van der Waals surface area (Å²) < 4.78 is 28.8. The standard InChI is InChI=1S/C22H22ClN5O4S/c1-15(29)16-2-5-19(6-3-16)33(31,32)27-10-8-17(9-11-27)22(30)26-20-12-18(23)4-7-21(20)28-14-24-13-25-28/h2-7,12-14,17H,8-11H2,1H3,(H,26,30). The summed E-state index contributed by atoms with van der Waals surface area (Å²) in [5.41, 5.74) is 1.58. The zero-order valence-electron chi connectivity index (χ0n) is 17.8. The first-order valence-electron chi connectivity index (χ1n) is 10.3. The van der Waals surface area contributed by atoms with Crippen LogP contribution in [0.15, 0.2) is 60.0 Å². The lowest BCUT2D eigenvalue weighted by molar-refractivity contribution is -0.120. The van der Waals surface area contributed by atoms with Crippen molar-refractivity contribution in [2.75, 3.05) is 18.4 Å². The van der Waals surface area contributed by atoms with Crippen LogP contribution in [0.4, 0.5) is 5.69 Å². The molecule has 1 aromatic heterocycles. The number of rotatable bonds is 6. The maximum atomic E-state index is 13.0. The zero-order chi connectivity index (χ0) is 23.6. The normalized spacial score (nSPS) is 15.3. The number of piperidine rings is 1. The van der Waals surface area contributed by atoms with Gasteiger partial charge in [0.2, 0.25) is 15.9 Å². The van der Waals surface area contributed by atoms with Gasteiger partial charge in [0.15, 0.2) is 5.78 Å². The van der Waals surface area contributed by atoms with Crippen molar-refractivity contribution in [3.8, 4) is 5.69 Å². The minimum Gasteiger partial charge on any atom is -0.324 e. The Morgan fingerprint density at radius 1 is 1.09 bits per heavy atom. The van der Waals surface area contributed by atoms with Crippen molar-refractivity contribution in [2.24, 2.45) is 5.92 Å². The molecule has 4 rings (SSSR count). The van der Waals surface area contributed by atoms with Crippen LogP contribution in [-0.4, -0.2) is 52.3 Å². The van der Waals surface area contributed by atoms with E-state index in [0.29, 0.717) is 34.8 Å². The number of anilines is 1. The zero-order valence-corrected chi connectivity index (χ0v) is 19.4. The molecule has 1 N–H and O–H groups in total. The molecular formula is C22H22ClN5O4S. The first kappa shape index (κ1) is 23.1. The van der Waals surface area contributed by atoms with E-state index in [1.165, 1.54) is 52.8 Å². The summed E-state index contributed by atoms with van der Waals surface area (Å²) in [6.45, 7) is 1.87. The second-order valence-corrected chi connectivity index (χ2v) is 10.1. The molecule has 9 nitrogen and oxygen atoms in total. The van der Waals surface area contributed by atoms with Crippen LogP contribution in [0, 0.1) is 5.92 Å². The molecule has 33 heavy (non-hydrogen) atoms. The van der Waals surface area contributed by atoms with Gasteiger partial charge in [0.1, 0.15) is 12.7 Å². The van der Waals surface area contributed by atoms with Crippen molar-refractivity contribution in [1.29, 1.82) is 0 Å². The Morgan fingerprint density at radius 3 is 2.39 bits per heavy atom. The van der Waals surface area contributed by atoms with Gasteiger partial charge < -0.3 is 5.32 Å². The number of aromatic nitrogens is 3. The molecule has 1 saturated heterocycles. The van der Waals surface area contributed by atoms with E-state index >= 15 is 0 Å². The Labute approximate surface area is 196 Å². The predicted molar refractivity (Wildman–Crippen MR) is 123 cm³/mol. The van der Waals surface area contributed by atoms with Gasteiger partial charge in [0.25, 0.3) is 0 Å². The van der Waals surface area contributed by atoms with Gasteiger partial charge in [-0.2, -0.15) is 9.40 Å². The fourth-order valence-corrected chi connectivity index (χ4v) is 5.39. The van der Waals surface area contributed by atoms with Crippen molar-refractivity contribution in [2.45, 2.75) is 24.7 Å². The van der Waals surface area contributed by atoms with Gasteiger partial charge in [-0.3, -0.25) is 9.59 Å². The Balaban J connectivity index is 1.43. The highest BCUT2D eigenvalue weighted by Gasteiger charge is 2.32. The van der Waals surface area contributed by atoms with Gasteiger partial charge >= 0.3 is 0 Å². The molecular weight excluding hydrogens is 466 g/mol. The summed E-state index contributed by atoms with van der Waals surface area (Å²) in [5.74, 6) is -0.682. The Kier molecular flexibility index (Phi) is 6.59. The Hall–Kier alpha value is -3.08. The smallest absolute Gasteiger partial charge is 0.243 e. The van der Waals surface area contributed by atoms with Gasteiger partial charge in [-0.15, -0.1) is 0 Å². The lowest BCUT2D eigenvalue weighted by atomic mass is 9.97. The summed E-state index contributed by atoms with van der Waals surface area (Å²) in [6.07, 6.45) is 3.68. The van der Waals surface area contributed by atoms with Crippen LogP contribution in [0.3, 0.4) is 0 Å². The van der Waals surface area contributed by atoms with E-state index in [4.69, 9.17) is 11.6 Å². The number of benzene rings is 2. The summed E-state index contributed by atoms with van der Waals surface area (Å²) in [7, 11) is -3.70. The molecule has 0 unspecified atom stereocenters. The second kappa shape index (κ2) is 9.42. The molecule has 0 aliphatic carbocycles. The quantitative estimate of drug-likeness (QED) is 0.534. The third-order valence-corrected chi connectivity index (χ3v) is 7.75. The van der Waals surface area contributed by atoms with Crippen molar-refractivity contribution in [3.05, 3.63) is 65.7 Å². The van der Waals surface area contributed by atoms with E-state index in [2.05, 4.69) is 15.4 Å². The molecule has 0 spiro atoms. The van der Waals surface area contributed by atoms with Gasteiger partial charge in [0, 0.05) is 29.6 Å². The molecule has 1 aliphatic heterocycles. The van der Waals surface area contributed by atoms with Gasteiger partial charge in [-0.1, -0.05) is 23.7 Å². The first-order valence-corrected chi connectivity index (χ1v) is 12.1. The largest absolute Gasteiger partial charge is 0.324 e. The van der Waals surface area contributed by atoms with E-state index < -0.39 is 10.0 Å². The number of nitrogens with zero attached hydrogens (tertiary/aromatic N) is 4. The van der Waals surface area contributed by atoms with Gasteiger partial charge in [-0.05, 0) is 50.1 Å². The number of ketones is 1. The fourth-order valence-electron chi connectivity index (χ4n) is 3.74. The number of hydrogen-bond donors (Lipinski definition) is 1. The number of sulfonamides is 1. The fraction of sp³-hybridized carbons (Fsp3) is 0.273. The van der Waals surface area contributed by atoms with Gasteiger partial charge in [-0.25, -0.2) is 18.1 Å². The Bertz CT molecular complexity index is 1270. The van der Waals surface area contributed by atoms with Crippen molar-refractivity contribution < 1.29 is 18.0 Å². The van der Waals surface area contributed by atoms with E-state index in [9.17, 15) is 18.0 Å². The first-order chi connectivity index (χ1) is 15.8. The molecule has 2 aromatic carbocycles. The van der Waals surface area contributed by atoms with Crippen LogP contribution in [0.1, 0.15) is 30.1 Å². The average molecular weight is 488 g/mol. The lowest BCUT2D eigenvalue weighted by Gasteiger charge is -2.30. The number of amides is 1. The highest BCUT2D eigenvalue weighted by molar-refractivity contribution is 7.89. The van der Waals surface area contributed by atoms with Crippen molar-refractivity contribution in [1.82, 2.24) is 19.1 Å². The number of halogens is 1. The van der Waals surface area contributed by atoms with Crippen LogP contribution >= 0.6 is 11.6 Å². The summed E-state index contributed by atoms with van der Waals surface area (Å²) in [5, 5.41) is 7.46. The molecule has 1 aliphatic rings. The van der Waals surface area contributed by atoms with Gasteiger partial charge in [0.05, 0.1) is 16.3 Å². The van der Waals surface area contributed by atoms with Crippen molar-refractivity contribution >= 4 is 39.0 Å². The van der Waals surface area contributed by atoms with Crippen LogP contribution in [0.25, 0.3) is 5.69 Å². The van der Waals surface area contributed by atoms with Crippen LogP contribution < -0.4 is 5.32 Å². The summed E-state index contributed by atoms with van der Waals surface area (Å²) in [4.78, 5) is 28.4. The van der Waals surface area contributed by atoms with Crippen LogP contribution in [0.5, 0.6) is 0 Å². The predicted octanol–water partition coefficient (Wildman–Crippen LogP) is 3.16. The SMILES string of the molecule is CC(=O)c1ccc(S(=O)(=O)N2CCC(C(=O)Nc3cc(Cl)ccc3-n3cncn3)CC2)cc1. The minimum atomic E-state index is -3.70.